The van der Waals surface area contributed by atoms with Crippen LogP contribution in [0.4, 0.5) is 0 Å². The average molecular weight is 294 g/mol. The quantitative estimate of drug-likeness (QED) is 0.481. The third kappa shape index (κ3) is 14.2. The fourth-order valence-corrected chi connectivity index (χ4v) is 0.858. The van der Waals surface area contributed by atoms with E-state index < -0.39 is 0 Å². The normalized spacial score (nSPS) is 16.2. The van der Waals surface area contributed by atoms with Gasteiger partial charge in [0, 0.05) is 0 Å². The highest BCUT2D eigenvalue weighted by Gasteiger charge is 2.15. The fourth-order valence-electron chi connectivity index (χ4n) is 0.858. The summed E-state index contributed by atoms with van der Waals surface area (Å²) in [5.41, 5.74) is -0.683. The minimum absolute atomic E-state index is 0.247. The van der Waals surface area contributed by atoms with Crippen LogP contribution in [-0.4, -0.2) is 36.6 Å². The van der Waals surface area contributed by atoms with Crippen LogP contribution in [0.15, 0.2) is 0 Å². The second-order valence-corrected chi connectivity index (χ2v) is 6.77. The van der Waals surface area contributed by atoms with Crippen molar-refractivity contribution in [3.05, 3.63) is 0 Å². The van der Waals surface area contributed by atoms with Crippen LogP contribution >= 0.6 is 0 Å². The van der Waals surface area contributed by atoms with Gasteiger partial charge >= 0.3 is 0 Å². The average Bonchev–Trinajstić information content (AvgIpc) is 2.22. The Morgan fingerprint density at radius 3 is 1.20 bits per heavy atom. The molecule has 122 valence electrons. The molecule has 0 aromatic carbocycles. The Morgan fingerprint density at radius 2 is 0.950 bits per heavy atom. The van der Waals surface area contributed by atoms with Crippen LogP contribution in [0.3, 0.4) is 0 Å². The number of hydrogen-bond donors (Lipinski definition) is 0. The molecule has 0 aliphatic carbocycles. The molecule has 0 heterocycles. The molecule has 6 nitrogen and oxygen atoms in total. The van der Waals surface area contributed by atoms with Crippen LogP contribution in [0.25, 0.3) is 0 Å². The zero-order chi connectivity index (χ0) is 15.8. The van der Waals surface area contributed by atoms with Crippen LogP contribution in [0.2, 0.25) is 0 Å². The second kappa shape index (κ2) is 8.92. The van der Waals surface area contributed by atoms with Gasteiger partial charge in [-0.15, -0.1) is 0 Å². The molecule has 0 N–H and O–H groups in total. The van der Waals surface area contributed by atoms with Crippen molar-refractivity contribution >= 4 is 0 Å². The summed E-state index contributed by atoms with van der Waals surface area (Å²) < 4.78 is 0. The minimum atomic E-state index is -0.341. The lowest BCUT2D eigenvalue weighted by molar-refractivity contribution is -0.413. The molecule has 0 fully saturated rings. The third-order valence-electron chi connectivity index (χ3n) is 1.61. The Hall–Kier alpha value is -0.240. The summed E-state index contributed by atoms with van der Waals surface area (Å²) in [6.07, 6.45) is -0.494. The van der Waals surface area contributed by atoms with E-state index in [1.54, 1.807) is 0 Å². The van der Waals surface area contributed by atoms with E-state index in [0.717, 1.165) is 0 Å². The SMILES string of the molecule is CC(COOC(C)(C)C)OOC(C)COOC(C)(C)C. The molecule has 0 aliphatic heterocycles. The van der Waals surface area contributed by atoms with E-state index in [1.807, 2.05) is 55.4 Å². The first kappa shape index (κ1) is 19.8. The first-order valence-corrected chi connectivity index (χ1v) is 6.93. The van der Waals surface area contributed by atoms with Gasteiger partial charge in [-0.1, -0.05) is 0 Å². The van der Waals surface area contributed by atoms with E-state index in [9.17, 15) is 0 Å². The maximum atomic E-state index is 5.16. The van der Waals surface area contributed by atoms with E-state index >= 15 is 0 Å². The molecule has 0 saturated heterocycles. The van der Waals surface area contributed by atoms with Crippen molar-refractivity contribution in [1.29, 1.82) is 0 Å². The summed E-state index contributed by atoms with van der Waals surface area (Å²) in [5, 5.41) is 0. The smallest absolute Gasteiger partial charge is 0.117 e. The highest BCUT2D eigenvalue weighted by molar-refractivity contribution is 4.55. The molecule has 0 spiro atoms. The first-order valence-electron chi connectivity index (χ1n) is 6.93. The van der Waals surface area contributed by atoms with Crippen LogP contribution in [-0.2, 0) is 29.3 Å². The molecule has 6 heteroatoms. The van der Waals surface area contributed by atoms with Gasteiger partial charge in [-0.2, -0.15) is 0 Å². The van der Waals surface area contributed by atoms with Crippen molar-refractivity contribution in [2.75, 3.05) is 13.2 Å². The Balaban J connectivity index is 3.60. The molecule has 2 atom stereocenters. The van der Waals surface area contributed by atoms with Crippen molar-refractivity contribution in [3.8, 4) is 0 Å². The van der Waals surface area contributed by atoms with Crippen molar-refractivity contribution < 1.29 is 29.3 Å². The molecule has 2 unspecified atom stereocenters. The molecule has 0 aromatic heterocycles. The van der Waals surface area contributed by atoms with Crippen molar-refractivity contribution in [2.24, 2.45) is 0 Å². The maximum Gasteiger partial charge on any atom is 0.117 e. The first-order chi connectivity index (χ1) is 8.99. The van der Waals surface area contributed by atoms with Crippen molar-refractivity contribution in [1.82, 2.24) is 0 Å². The summed E-state index contributed by atoms with van der Waals surface area (Å²) in [6.45, 7) is 15.6. The Morgan fingerprint density at radius 1 is 0.650 bits per heavy atom. The predicted molar refractivity (Wildman–Crippen MR) is 74.7 cm³/mol. The summed E-state index contributed by atoms with van der Waals surface area (Å²) in [7, 11) is 0. The molecular formula is C14H30O6. The summed E-state index contributed by atoms with van der Waals surface area (Å²) in [5.74, 6) is 0. The molecule has 0 amide bonds. The topological polar surface area (TPSA) is 55.4 Å². The highest BCUT2D eigenvalue weighted by Crippen LogP contribution is 2.09. The van der Waals surface area contributed by atoms with Gasteiger partial charge in [0.1, 0.15) is 25.4 Å². The van der Waals surface area contributed by atoms with Gasteiger partial charge in [0.15, 0.2) is 0 Å². The van der Waals surface area contributed by atoms with Gasteiger partial charge in [-0.05, 0) is 55.4 Å². The largest absolute Gasteiger partial charge is 0.233 e. The summed E-state index contributed by atoms with van der Waals surface area (Å²) >= 11 is 0. The lowest BCUT2D eigenvalue weighted by atomic mass is 10.2. The van der Waals surface area contributed by atoms with Gasteiger partial charge in [0.05, 0.1) is 11.2 Å². The molecule has 0 saturated carbocycles. The third-order valence-corrected chi connectivity index (χ3v) is 1.61. The molecule has 0 aliphatic rings. The monoisotopic (exact) mass is 294 g/mol. The van der Waals surface area contributed by atoms with Gasteiger partial charge in [0.25, 0.3) is 0 Å². The molecule has 0 aromatic rings. The van der Waals surface area contributed by atoms with E-state index in [2.05, 4.69) is 0 Å². The van der Waals surface area contributed by atoms with Crippen LogP contribution in [0.1, 0.15) is 55.4 Å². The fraction of sp³-hybridized carbons (Fsp3) is 1.00. The highest BCUT2D eigenvalue weighted by atomic mass is 17.2. The summed E-state index contributed by atoms with van der Waals surface area (Å²) in [6, 6.07) is 0. The van der Waals surface area contributed by atoms with Gasteiger partial charge in [-0.25, -0.2) is 29.3 Å². The summed E-state index contributed by atoms with van der Waals surface area (Å²) in [4.78, 5) is 30.7. The van der Waals surface area contributed by atoms with Crippen LogP contribution in [0.5, 0.6) is 0 Å². The molecule has 0 bridgehead atoms. The van der Waals surface area contributed by atoms with Gasteiger partial charge in [0.2, 0.25) is 0 Å². The van der Waals surface area contributed by atoms with Crippen molar-refractivity contribution in [2.45, 2.75) is 78.8 Å². The van der Waals surface area contributed by atoms with Crippen LogP contribution < -0.4 is 0 Å². The predicted octanol–water partition coefficient (Wildman–Crippen LogP) is 3.21. The Bertz CT molecular complexity index is 217. The van der Waals surface area contributed by atoms with Crippen molar-refractivity contribution in [3.63, 3.8) is 0 Å². The van der Waals surface area contributed by atoms with Gasteiger partial charge in [-0.3, -0.25) is 0 Å². The molecule has 0 radical (unpaired) electrons. The Kier molecular flexibility index (Phi) is 8.81. The standard InChI is InChI=1S/C14H30O6/c1-11(9-15-19-13(3,4)5)17-18-12(2)10-16-20-14(6,7)8/h11-12H,9-10H2,1-8H3. The van der Waals surface area contributed by atoms with Gasteiger partial charge < -0.3 is 0 Å². The number of rotatable bonds is 9. The molecule has 0 rings (SSSR count). The zero-order valence-electron chi connectivity index (χ0n) is 14.0. The lowest BCUT2D eigenvalue weighted by Crippen LogP contribution is -2.27. The van der Waals surface area contributed by atoms with Crippen LogP contribution in [0, 0.1) is 0 Å². The van der Waals surface area contributed by atoms with E-state index in [-0.39, 0.29) is 36.6 Å². The van der Waals surface area contributed by atoms with E-state index in [1.165, 1.54) is 0 Å². The second-order valence-electron chi connectivity index (χ2n) is 6.77. The maximum absolute atomic E-state index is 5.16. The Labute approximate surface area is 122 Å². The minimum Gasteiger partial charge on any atom is -0.233 e. The molecule has 20 heavy (non-hydrogen) atoms. The van der Waals surface area contributed by atoms with E-state index in [4.69, 9.17) is 29.3 Å². The van der Waals surface area contributed by atoms with E-state index in [0.29, 0.717) is 0 Å². The molecular weight excluding hydrogens is 264 g/mol. The number of hydrogen-bond acceptors (Lipinski definition) is 6. The zero-order valence-corrected chi connectivity index (χ0v) is 14.0. The lowest BCUT2D eigenvalue weighted by Gasteiger charge is -2.21.